The molecule has 1 saturated carbocycles. The zero-order chi connectivity index (χ0) is 14.1. The number of hydrogen-bond acceptors (Lipinski definition) is 2. The van der Waals surface area contributed by atoms with Crippen molar-refractivity contribution in [2.45, 2.75) is 51.2 Å². The minimum Gasteiger partial charge on any atom is -0.444 e. The first-order valence-corrected chi connectivity index (χ1v) is 6.58. The molecule has 1 aliphatic carbocycles. The van der Waals surface area contributed by atoms with Crippen LogP contribution in [0.5, 0.6) is 0 Å². The maximum Gasteiger partial charge on any atom is 0.408 e. The molecule has 2 rings (SSSR count). The monoisotopic (exact) mass is 265 g/mol. The number of ether oxygens (including phenoxy) is 1. The van der Waals surface area contributed by atoms with Gasteiger partial charge in [0.15, 0.2) is 0 Å². The number of rotatable bonds is 2. The first kappa shape index (κ1) is 13.8. The Kier molecular flexibility index (Phi) is 3.52. The zero-order valence-corrected chi connectivity index (χ0v) is 11.6. The molecule has 0 saturated heterocycles. The van der Waals surface area contributed by atoms with Gasteiger partial charge in [-0.15, -0.1) is 0 Å². The van der Waals surface area contributed by atoms with Crippen molar-refractivity contribution in [1.29, 1.82) is 0 Å². The Hall–Kier alpha value is -1.58. The molecule has 1 aromatic carbocycles. The van der Waals surface area contributed by atoms with Crippen molar-refractivity contribution < 1.29 is 13.9 Å². The van der Waals surface area contributed by atoms with Gasteiger partial charge in [-0.25, -0.2) is 9.18 Å². The Morgan fingerprint density at radius 1 is 1.26 bits per heavy atom. The fourth-order valence-corrected chi connectivity index (χ4v) is 2.28. The highest BCUT2D eigenvalue weighted by Gasteiger charge is 2.41. The number of benzene rings is 1. The Morgan fingerprint density at radius 3 is 2.26 bits per heavy atom. The van der Waals surface area contributed by atoms with Gasteiger partial charge in [0, 0.05) is 0 Å². The van der Waals surface area contributed by atoms with Crippen LogP contribution in [-0.2, 0) is 10.3 Å². The molecule has 104 valence electrons. The molecule has 1 fully saturated rings. The summed E-state index contributed by atoms with van der Waals surface area (Å²) in [6.07, 6.45) is 2.35. The number of nitrogens with one attached hydrogen (secondary N) is 1. The number of halogens is 1. The molecule has 0 radical (unpaired) electrons. The van der Waals surface area contributed by atoms with Crippen LogP contribution in [0.3, 0.4) is 0 Å². The van der Waals surface area contributed by atoms with Gasteiger partial charge in [0.1, 0.15) is 11.4 Å². The van der Waals surface area contributed by atoms with E-state index in [9.17, 15) is 9.18 Å². The van der Waals surface area contributed by atoms with Crippen molar-refractivity contribution in [3.63, 3.8) is 0 Å². The van der Waals surface area contributed by atoms with Gasteiger partial charge < -0.3 is 10.1 Å². The third-order valence-electron chi connectivity index (χ3n) is 3.34. The van der Waals surface area contributed by atoms with Gasteiger partial charge in [-0.3, -0.25) is 0 Å². The van der Waals surface area contributed by atoms with Crippen LogP contribution in [0.4, 0.5) is 9.18 Å². The van der Waals surface area contributed by atoms with Gasteiger partial charge >= 0.3 is 6.09 Å². The molecule has 0 aliphatic heterocycles. The second-order valence-electron chi connectivity index (χ2n) is 6.07. The zero-order valence-electron chi connectivity index (χ0n) is 11.6. The van der Waals surface area contributed by atoms with Crippen molar-refractivity contribution >= 4 is 6.09 Å². The quantitative estimate of drug-likeness (QED) is 0.884. The minimum atomic E-state index is -0.516. The summed E-state index contributed by atoms with van der Waals surface area (Å²) in [5.74, 6) is -0.268. The second-order valence-corrected chi connectivity index (χ2v) is 6.07. The average molecular weight is 265 g/mol. The molecule has 0 spiro atoms. The van der Waals surface area contributed by atoms with Crippen LogP contribution in [0.25, 0.3) is 0 Å². The molecule has 0 bridgehead atoms. The Bertz CT molecular complexity index is 458. The first-order chi connectivity index (χ1) is 8.81. The molecule has 1 N–H and O–H groups in total. The predicted molar refractivity (Wildman–Crippen MR) is 71.3 cm³/mol. The third kappa shape index (κ3) is 3.25. The van der Waals surface area contributed by atoms with Crippen LogP contribution < -0.4 is 5.32 Å². The first-order valence-electron chi connectivity index (χ1n) is 6.58. The van der Waals surface area contributed by atoms with E-state index in [1.165, 1.54) is 12.1 Å². The molecule has 1 aromatic rings. The molecule has 3 nitrogen and oxygen atoms in total. The van der Waals surface area contributed by atoms with Crippen LogP contribution >= 0.6 is 0 Å². The Morgan fingerprint density at radius 2 is 1.84 bits per heavy atom. The van der Waals surface area contributed by atoms with Crippen molar-refractivity contribution in [2.24, 2.45) is 0 Å². The second kappa shape index (κ2) is 4.83. The summed E-state index contributed by atoms with van der Waals surface area (Å²) >= 11 is 0. The maximum atomic E-state index is 13.0. The molecule has 1 amide bonds. The van der Waals surface area contributed by atoms with E-state index in [0.717, 1.165) is 24.8 Å². The van der Waals surface area contributed by atoms with E-state index >= 15 is 0 Å². The molecular formula is C15H20FNO2. The van der Waals surface area contributed by atoms with Gasteiger partial charge in [0.25, 0.3) is 0 Å². The lowest BCUT2D eigenvalue weighted by atomic mass is 9.72. The summed E-state index contributed by atoms with van der Waals surface area (Å²) in [6.45, 7) is 5.49. The topological polar surface area (TPSA) is 38.3 Å². The van der Waals surface area contributed by atoms with E-state index in [0.29, 0.717) is 0 Å². The van der Waals surface area contributed by atoms with Gasteiger partial charge in [0.05, 0.1) is 5.54 Å². The Labute approximate surface area is 113 Å². The number of hydrogen-bond donors (Lipinski definition) is 1. The van der Waals surface area contributed by atoms with E-state index in [2.05, 4.69) is 5.32 Å². The standard InChI is InChI=1S/C15H20FNO2/c1-14(2,3)19-13(18)17-15(9-4-10-15)11-5-7-12(16)8-6-11/h5-8H,4,9-10H2,1-3H3,(H,17,18). The smallest absolute Gasteiger partial charge is 0.408 e. The highest BCUT2D eigenvalue weighted by Crippen LogP contribution is 2.41. The molecule has 0 heterocycles. The van der Waals surface area contributed by atoms with Crippen molar-refractivity contribution in [2.75, 3.05) is 0 Å². The van der Waals surface area contributed by atoms with Gasteiger partial charge in [-0.2, -0.15) is 0 Å². The normalized spacial score (nSPS) is 17.5. The van der Waals surface area contributed by atoms with Crippen LogP contribution in [0.2, 0.25) is 0 Å². The van der Waals surface area contributed by atoms with Crippen molar-refractivity contribution in [3.05, 3.63) is 35.6 Å². The molecule has 0 unspecified atom stereocenters. The number of alkyl carbamates (subject to hydrolysis) is 1. The lowest BCUT2D eigenvalue weighted by molar-refractivity contribution is 0.0377. The van der Waals surface area contributed by atoms with Crippen LogP contribution in [0.15, 0.2) is 24.3 Å². The summed E-state index contributed by atoms with van der Waals surface area (Å²) in [5.41, 5.74) is 0.0272. The third-order valence-corrected chi connectivity index (χ3v) is 3.34. The largest absolute Gasteiger partial charge is 0.444 e. The average Bonchev–Trinajstić information content (AvgIpc) is 2.22. The van der Waals surface area contributed by atoms with Crippen LogP contribution in [-0.4, -0.2) is 11.7 Å². The highest BCUT2D eigenvalue weighted by atomic mass is 19.1. The molecule has 0 aromatic heterocycles. The summed E-state index contributed by atoms with van der Waals surface area (Å²) < 4.78 is 18.3. The SMILES string of the molecule is CC(C)(C)OC(=O)NC1(c2ccc(F)cc2)CCC1. The minimum absolute atomic E-state index is 0.268. The predicted octanol–water partition coefficient (Wildman–Crippen LogP) is 3.73. The molecule has 4 heteroatoms. The summed E-state index contributed by atoms with van der Waals surface area (Å²) in [5, 5.41) is 2.94. The van der Waals surface area contributed by atoms with E-state index in [1.54, 1.807) is 12.1 Å². The number of carbonyl (C=O) groups is 1. The van der Waals surface area contributed by atoms with Crippen molar-refractivity contribution in [1.82, 2.24) is 5.32 Å². The summed E-state index contributed by atoms with van der Waals surface area (Å²) in [6, 6.07) is 6.30. The fourth-order valence-electron chi connectivity index (χ4n) is 2.28. The van der Waals surface area contributed by atoms with Crippen molar-refractivity contribution in [3.8, 4) is 0 Å². The summed E-state index contributed by atoms with van der Waals surface area (Å²) in [7, 11) is 0. The van der Waals surface area contributed by atoms with Gasteiger partial charge in [-0.1, -0.05) is 12.1 Å². The van der Waals surface area contributed by atoms with Crippen LogP contribution in [0, 0.1) is 5.82 Å². The maximum absolute atomic E-state index is 13.0. The highest BCUT2D eigenvalue weighted by molar-refractivity contribution is 5.69. The fraction of sp³-hybridized carbons (Fsp3) is 0.533. The van der Waals surface area contributed by atoms with Gasteiger partial charge in [-0.05, 0) is 57.7 Å². The number of amides is 1. The number of carbonyl (C=O) groups excluding carboxylic acids is 1. The van der Waals surface area contributed by atoms with E-state index in [1.807, 2.05) is 20.8 Å². The lowest BCUT2D eigenvalue weighted by Crippen LogP contribution is -2.52. The summed E-state index contributed by atoms with van der Waals surface area (Å²) in [4.78, 5) is 11.9. The molecule has 19 heavy (non-hydrogen) atoms. The van der Waals surface area contributed by atoms with E-state index < -0.39 is 17.2 Å². The van der Waals surface area contributed by atoms with Gasteiger partial charge in [0.2, 0.25) is 0 Å². The Balaban J connectivity index is 2.11. The molecule has 1 aliphatic rings. The molecular weight excluding hydrogens is 245 g/mol. The van der Waals surface area contributed by atoms with Crippen LogP contribution in [0.1, 0.15) is 45.6 Å². The lowest BCUT2D eigenvalue weighted by Gasteiger charge is -2.43. The molecule has 0 atom stereocenters. The van der Waals surface area contributed by atoms with E-state index in [-0.39, 0.29) is 5.82 Å². The van der Waals surface area contributed by atoms with E-state index in [4.69, 9.17) is 4.74 Å².